The van der Waals surface area contributed by atoms with Gasteiger partial charge in [0.1, 0.15) is 11.0 Å². The highest BCUT2D eigenvalue weighted by atomic mass is 32.2. The summed E-state index contributed by atoms with van der Waals surface area (Å²) in [4.78, 5) is 27.6. The van der Waals surface area contributed by atoms with Crippen LogP contribution in [0.5, 0.6) is 5.75 Å². The zero-order valence-corrected chi connectivity index (χ0v) is 20.0. The van der Waals surface area contributed by atoms with Crippen molar-refractivity contribution in [3.8, 4) is 5.75 Å². The molecule has 7 nitrogen and oxygen atoms in total. The molecule has 170 valence electrons. The first-order valence-corrected chi connectivity index (χ1v) is 12.4. The van der Waals surface area contributed by atoms with Crippen molar-refractivity contribution in [3.05, 3.63) is 46.7 Å². The van der Waals surface area contributed by atoms with Crippen LogP contribution in [0.15, 0.2) is 52.0 Å². The van der Waals surface area contributed by atoms with E-state index in [0.717, 1.165) is 40.9 Å². The number of rotatable bonds is 10. The maximum absolute atomic E-state index is 12.8. The number of hydrogen-bond acceptors (Lipinski definition) is 7. The number of carbonyl (C=O) groups excluding carboxylic acids is 2. The van der Waals surface area contributed by atoms with Crippen LogP contribution in [0.1, 0.15) is 50.8 Å². The second-order valence-electron chi connectivity index (χ2n) is 7.38. The summed E-state index contributed by atoms with van der Waals surface area (Å²) in [5.74, 6) is 0.169. The summed E-state index contributed by atoms with van der Waals surface area (Å²) in [6, 6.07) is 10.9. The summed E-state index contributed by atoms with van der Waals surface area (Å²) >= 11 is 2.62. The molecule has 2 N–H and O–H groups in total. The molecule has 0 aliphatic carbocycles. The van der Waals surface area contributed by atoms with Crippen molar-refractivity contribution in [1.82, 2.24) is 0 Å². The first kappa shape index (κ1) is 24.0. The number of nitrogens with two attached hydrogens (primary N) is 1. The SMILES string of the molecule is CCCCCCOc1ccc(N2C(=O)CC(SC(N)=N/N=C(\C)c3cccs3)C2=O)cc1. The Bertz CT molecular complexity index is 972. The van der Waals surface area contributed by atoms with Crippen molar-refractivity contribution >= 4 is 51.5 Å². The Morgan fingerprint density at radius 3 is 2.66 bits per heavy atom. The number of hydrogen-bond donors (Lipinski definition) is 1. The minimum absolute atomic E-state index is 0.0724. The van der Waals surface area contributed by atoms with Gasteiger partial charge in [-0.2, -0.15) is 5.10 Å². The quantitative estimate of drug-likeness (QED) is 0.176. The predicted molar refractivity (Wildman–Crippen MR) is 133 cm³/mol. The average Bonchev–Trinajstić information content (AvgIpc) is 3.41. The smallest absolute Gasteiger partial charge is 0.247 e. The molecule has 1 aliphatic rings. The molecule has 0 saturated carbocycles. The lowest BCUT2D eigenvalue weighted by atomic mass is 10.2. The number of thiophene rings is 1. The first-order chi connectivity index (χ1) is 15.5. The molecule has 0 radical (unpaired) electrons. The van der Waals surface area contributed by atoms with Gasteiger partial charge in [-0.25, -0.2) is 4.90 Å². The number of unbranched alkanes of at least 4 members (excludes halogenated alkanes) is 3. The van der Waals surface area contributed by atoms with Crippen LogP contribution in [0.3, 0.4) is 0 Å². The van der Waals surface area contributed by atoms with Crippen molar-refractivity contribution in [2.75, 3.05) is 11.5 Å². The molecule has 2 amide bonds. The number of carbonyl (C=O) groups is 2. The Morgan fingerprint density at radius 2 is 1.97 bits per heavy atom. The minimum Gasteiger partial charge on any atom is -0.494 e. The average molecular weight is 473 g/mol. The lowest BCUT2D eigenvalue weighted by Gasteiger charge is -2.15. The van der Waals surface area contributed by atoms with Gasteiger partial charge >= 0.3 is 0 Å². The molecule has 1 saturated heterocycles. The van der Waals surface area contributed by atoms with Crippen LogP contribution in [0, 0.1) is 0 Å². The fraction of sp³-hybridized carbons (Fsp3) is 0.391. The molecule has 1 atom stereocenters. The van der Waals surface area contributed by atoms with Gasteiger partial charge in [-0.05, 0) is 49.1 Å². The molecule has 2 heterocycles. The topological polar surface area (TPSA) is 97.3 Å². The molecule has 32 heavy (non-hydrogen) atoms. The molecule has 0 spiro atoms. The monoisotopic (exact) mass is 472 g/mol. The fourth-order valence-electron chi connectivity index (χ4n) is 3.21. The molecular weight excluding hydrogens is 444 g/mol. The normalized spacial score (nSPS) is 17.3. The molecule has 1 unspecified atom stereocenters. The van der Waals surface area contributed by atoms with Crippen LogP contribution in [-0.4, -0.2) is 34.6 Å². The van der Waals surface area contributed by atoms with Gasteiger partial charge in [0, 0.05) is 6.42 Å². The van der Waals surface area contributed by atoms with Crippen LogP contribution in [0.4, 0.5) is 5.69 Å². The molecular formula is C23H28N4O3S2. The van der Waals surface area contributed by atoms with E-state index in [9.17, 15) is 9.59 Å². The second kappa shape index (κ2) is 11.8. The van der Waals surface area contributed by atoms with Crippen molar-refractivity contribution < 1.29 is 14.3 Å². The third kappa shape index (κ3) is 6.43. The maximum atomic E-state index is 12.8. The number of thioether (sulfide) groups is 1. The van der Waals surface area contributed by atoms with Crippen LogP contribution in [0.2, 0.25) is 0 Å². The third-order valence-electron chi connectivity index (χ3n) is 4.91. The van der Waals surface area contributed by atoms with Crippen LogP contribution >= 0.6 is 23.1 Å². The zero-order valence-electron chi connectivity index (χ0n) is 18.3. The maximum Gasteiger partial charge on any atom is 0.247 e. The van der Waals surface area contributed by atoms with Gasteiger partial charge in [0.05, 0.1) is 22.9 Å². The van der Waals surface area contributed by atoms with E-state index in [-0.39, 0.29) is 23.4 Å². The number of nitrogens with zero attached hydrogens (tertiary/aromatic N) is 3. The van der Waals surface area contributed by atoms with Crippen LogP contribution < -0.4 is 15.4 Å². The van der Waals surface area contributed by atoms with Crippen molar-refractivity contribution in [2.24, 2.45) is 15.9 Å². The van der Waals surface area contributed by atoms with E-state index in [1.54, 1.807) is 35.6 Å². The van der Waals surface area contributed by atoms with E-state index < -0.39 is 5.25 Å². The molecule has 2 aromatic rings. The van der Waals surface area contributed by atoms with Crippen LogP contribution in [0.25, 0.3) is 0 Å². The van der Waals surface area contributed by atoms with Gasteiger partial charge in [0.25, 0.3) is 0 Å². The summed E-state index contributed by atoms with van der Waals surface area (Å²) < 4.78 is 5.73. The van der Waals surface area contributed by atoms with E-state index in [2.05, 4.69) is 17.1 Å². The minimum atomic E-state index is -0.613. The second-order valence-corrected chi connectivity index (χ2v) is 9.55. The third-order valence-corrected chi connectivity index (χ3v) is 6.86. The standard InChI is InChI=1S/C23H28N4O3S2/c1-3-4-5-6-13-30-18-11-9-17(10-12-18)27-21(28)15-20(22(27)29)32-23(24)26-25-16(2)19-8-7-14-31-19/h7-12,14,20H,3-6,13,15H2,1-2H3,(H2,24,26)/b25-16+. The Kier molecular flexibility index (Phi) is 8.87. The Labute approximate surface area is 196 Å². The zero-order chi connectivity index (χ0) is 22.9. The van der Waals surface area contributed by atoms with Gasteiger partial charge in [-0.15, -0.1) is 16.4 Å². The van der Waals surface area contributed by atoms with Crippen molar-refractivity contribution in [1.29, 1.82) is 0 Å². The first-order valence-electron chi connectivity index (χ1n) is 10.7. The van der Waals surface area contributed by atoms with Gasteiger partial charge in [-0.1, -0.05) is 44.0 Å². The number of benzene rings is 1. The highest BCUT2D eigenvalue weighted by Gasteiger charge is 2.40. The van der Waals surface area contributed by atoms with E-state index in [1.165, 1.54) is 17.7 Å². The highest BCUT2D eigenvalue weighted by molar-refractivity contribution is 8.14. The molecule has 3 rings (SSSR count). The van der Waals surface area contributed by atoms with Gasteiger partial charge < -0.3 is 10.5 Å². The predicted octanol–water partition coefficient (Wildman–Crippen LogP) is 4.81. The summed E-state index contributed by atoms with van der Waals surface area (Å²) in [5.41, 5.74) is 7.23. The Balaban J connectivity index is 1.57. The van der Waals surface area contributed by atoms with Crippen molar-refractivity contribution in [2.45, 2.75) is 51.2 Å². The highest BCUT2D eigenvalue weighted by Crippen LogP contribution is 2.30. The summed E-state index contributed by atoms with van der Waals surface area (Å²) in [6.07, 6.45) is 4.62. The number of ether oxygens (including phenoxy) is 1. The Hall–Kier alpha value is -2.65. The van der Waals surface area contributed by atoms with E-state index >= 15 is 0 Å². The number of amides is 2. The molecule has 1 aliphatic heterocycles. The molecule has 1 aromatic carbocycles. The lowest BCUT2D eigenvalue weighted by Crippen LogP contribution is -2.31. The van der Waals surface area contributed by atoms with E-state index in [0.29, 0.717) is 12.3 Å². The molecule has 9 heteroatoms. The summed E-state index contributed by atoms with van der Waals surface area (Å²) in [5, 5.41) is 9.64. The molecule has 0 bridgehead atoms. The number of imide groups is 1. The lowest BCUT2D eigenvalue weighted by molar-refractivity contribution is -0.121. The van der Waals surface area contributed by atoms with Crippen LogP contribution in [-0.2, 0) is 9.59 Å². The molecule has 1 fully saturated rings. The molecule has 1 aromatic heterocycles. The summed E-state index contributed by atoms with van der Waals surface area (Å²) in [6.45, 7) is 4.68. The van der Waals surface area contributed by atoms with Gasteiger partial charge in [0.2, 0.25) is 11.8 Å². The largest absolute Gasteiger partial charge is 0.494 e. The fourth-order valence-corrected chi connectivity index (χ4v) is 4.69. The Morgan fingerprint density at radius 1 is 1.19 bits per heavy atom. The van der Waals surface area contributed by atoms with Crippen molar-refractivity contribution in [3.63, 3.8) is 0 Å². The number of amidine groups is 1. The van der Waals surface area contributed by atoms with Gasteiger partial charge in [-0.3, -0.25) is 9.59 Å². The van der Waals surface area contributed by atoms with E-state index in [1.807, 2.05) is 24.4 Å². The van der Waals surface area contributed by atoms with E-state index in [4.69, 9.17) is 10.5 Å². The van der Waals surface area contributed by atoms with Gasteiger partial charge in [0.15, 0.2) is 5.17 Å². The summed E-state index contributed by atoms with van der Waals surface area (Å²) in [7, 11) is 0. The number of anilines is 1.